The third-order valence-corrected chi connectivity index (χ3v) is 3.60. The van der Waals surface area contributed by atoms with Crippen LogP contribution in [0.1, 0.15) is 0 Å². The summed E-state index contributed by atoms with van der Waals surface area (Å²) in [6.45, 7) is 0. The molecule has 0 aromatic carbocycles. The summed E-state index contributed by atoms with van der Waals surface area (Å²) < 4.78 is 23.1. The van der Waals surface area contributed by atoms with Gasteiger partial charge in [0.15, 0.2) is 14.9 Å². The summed E-state index contributed by atoms with van der Waals surface area (Å²) in [4.78, 5) is 9.81. The molecule has 0 aromatic heterocycles. The number of nitrogens with one attached hydrogen (secondary N) is 1. The lowest BCUT2D eigenvalue weighted by molar-refractivity contribution is 0.565. The molecule has 1 N–H and O–H groups in total. The monoisotopic (exact) mass is 230 g/mol. The lowest BCUT2D eigenvalue weighted by atomic mass is 10.3. The molecule has 0 amide bonds. The first-order chi connectivity index (χ1) is 6.46. The van der Waals surface area contributed by atoms with Crippen molar-refractivity contribution in [1.29, 1.82) is 0 Å². The highest BCUT2D eigenvalue weighted by Gasteiger charge is 2.49. The fourth-order valence-electron chi connectivity index (χ4n) is 1.22. The Bertz CT molecular complexity index is 490. The van der Waals surface area contributed by atoms with Gasteiger partial charge in [-0.3, -0.25) is 0 Å². The van der Waals surface area contributed by atoms with Gasteiger partial charge in [0.05, 0.1) is 6.21 Å². The fraction of sp³-hybridized carbons (Fsp3) is 0.333. The van der Waals surface area contributed by atoms with Crippen molar-refractivity contribution in [3.8, 4) is 0 Å². The van der Waals surface area contributed by atoms with Crippen LogP contribution in [0.5, 0.6) is 0 Å². The van der Waals surface area contributed by atoms with Gasteiger partial charge in [0.1, 0.15) is 12.1 Å². The summed E-state index contributed by atoms with van der Waals surface area (Å²) in [7, 11) is -3.48. The van der Waals surface area contributed by atoms with Crippen molar-refractivity contribution in [2.45, 2.75) is 4.99 Å². The molecule has 0 bridgehead atoms. The standard InChI is InChI=1S/C6H6N4O2S2/c1-14(11,12)6-4(8-3-9-6)2-7-5(13)10-6/h2-3H,1H3,(H,10,13). The highest BCUT2D eigenvalue weighted by Crippen LogP contribution is 2.22. The molecule has 0 fully saturated rings. The smallest absolute Gasteiger partial charge is 0.280 e. The van der Waals surface area contributed by atoms with Gasteiger partial charge in [-0.25, -0.2) is 23.4 Å². The molecule has 1 unspecified atom stereocenters. The number of aliphatic imine (C=N–C) groups is 3. The molecule has 2 aliphatic heterocycles. The van der Waals surface area contributed by atoms with Crippen molar-refractivity contribution in [3.63, 3.8) is 0 Å². The SMILES string of the molecule is CS(=O)(=O)C12N=CN=C1C=NC(=S)N2. The minimum absolute atomic E-state index is 0.0911. The summed E-state index contributed by atoms with van der Waals surface area (Å²) in [5.74, 6) is 0. The Labute approximate surface area is 85.8 Å². The van der Waals surface area contributed by atoms with Gasteiger partial charge >= 0.3 is 0 Å². The van der Waals surface area contributed by atoms with E-state index in [4.69, 9.17) is 12.2 Å². The second-order valence-corrected chi connectivity index (χ2v) is 5.39. The zero-order valence-corrected chi connectivity index (χ0v) is 8.76. The number of hydrogen-bond donors (Lipinski definition) is 1. The zero-order chi connectivity index (χ0) is 10.4. The molecule has 6 nitrogen and oxygen atoms in total. The van der Waals surface area contributed by atoms with E-state index in [9.17, 15) is 8.42 Å². The van der Waals surface area contributed by atoms with Crippen LogP contribution in [0.4, 0.5) is 0 Å². The number of thiocarbonyl (C=S) groups is 1. The molecular weight excluding hydrogens is 224 g/mol. The summed E-state index contributed by atoms with van der Waals surface area (Å²) >= 11 is 4.77. The van der Waals surface area contributed by atoms with E-state index in [1.165, 1.54) is 12.6 Å². The van der Waals surface area contributed by atoms with Crippen LogP contribution < -0.4 is 5.32 Å². The molecule has 2 aliphatic rings. The Kier molecular flexibility index (Phi) is 1.80. The Morgan fingerprint density at radius 2 is 2.29 bits per heavy atom. The van der Waals surface area contributed by atoms with Crippen LogP contribution >= 0.6 is 12.2 Å². The molecule has 2 rings (SSSR count). The lowest BCUT2D eigenvalue weighted by Gasteiger charge is -2.28. The molecule has 2 heterocycles. The first kappa shape index (κ1) is 9.41. The highest BCUT2D eigenvalue weighted by atomic mass is 32.2. The normalized spacial score (nSPS) is 29.8. The molecule has 0 saturated carbocycles. The zero-order valence-electron chi connectivity index (χ0n) is 7.13. The third-order valence-electron chi connectivity index (χ3n) is 1.90. The molecule has 0 radical (unpaired) electrons. The molecule has 1 atom stereocenters. The molecule has 0 spiro atoms. The Morgan fingerprint density at radius 3 is 2.93 bits per heavy atom. The third kappa shape index (κ3) is 1.11. The van der Waals surface area contributed by atoms with Gasteiger partial charge < -0.3 is 5.32 Å². The van der Waals surface area contributed by atoms with Gasteiger partial charge in [-0.05, 0) is 12.2 Å². The number of rotatable bonds is 1. The molecule has 0 aliphatic carbocycles. The van der Waals surface area contributed by atoms with Gasteiger partial charge in [0.25, 0.3) is 4.99 Å². The van der Waals surface area contributed by atoms with Crippen molar-refractivity contribution in [3.05, 3.63) is 0 Å². The van der Waals surface area contributed by atoms with Crippen molar-refractivity contribution >= 4 is 45.4 Å². The van der Waals surface area contributed by atoms with E-state index in [2.05, 4.69) is 20.3 Å². The van der Waals surface area contributed by atoms with Gasteiger partial charge in [-0.2, -0.15) is 0 Å². The molecule has 74 valence electrons. The van der Waals surface area contributed by atoms with E-state index in [0.29, 0.717) is 0 Å². The Hall–Kier alpha value is -1.15. The number of fused-ring (bicyclic) bond motifs is 1. The maximum Gasteiger partial charge on any atom is 0.280 e. The lowest BCUT2D eigenvalue weighted by Crippen LogP contribution is -2.59. The van der Waals surface area contributed by atoms with E-state index in [1.807, 2.05) is 0 Å². The predicted octanol–water partition coefficient (Wildman–Crippen LogP) is -0.873. The fourth-order valence-corrected chi connectivity index (χ4v) is 2.49. The molecular formula is C6H6N4O2S2. The Balaban J connectivity index is 2.64. The average Bonchev–Trinajstić information content (AvgIpc) is 2.46. The van der Waals surface area contributed by atoms with Gasteiger partial charge in [0.2, 0.25) is 0 Å². The van der Waals surface area contributed by atoms with Gasteiger partial charge in [-0.15, -0.1) is 0 Å². The van der Waals surface area contributed by atoms with E-state index >= 15 is 0 Å². The van der Waals surface area contributed by atoms with Crippen LogP contribution in [0.25, 0.3) is 0 Å². The first-order valence-corrected chi connectivity index (χ1v) is 5.93. The maximum absolute atomic E-state index is 11.6. The molecule has 8 heteroatoms. The molecule has 14 heavy (non-hydrogen) atoms. The number of sulfone groups is 1. The van der Waals surface area contributed by atoms with Crippen LogP contribution in [0.15, 0.2) is 15.0 Å². The summed E-state index contributed by atoms with van der Waals surface area (Å²) in [6.07, 6.45) is 3.57. The second kappa shape index (κ2) is 2.67. The van der Waals surface area contributed by atoms with Gasteiger partial charge in [-0.1, -0.05) is 0 Å². The largest absolute Gasteiger partial charge is 0.319 e. The minimum atomic E-state index is -3.48. The summed E-state index contributed by atoms with van der Waals surface area (Å²) in [5.41, 5.74) is 0.244. The van der Waals surface area contributed by atoms with Crippen LogP contribution in [0.3, 0.4) is 0 Å². The van der Waals surface area contributed by atoms with Crippen LogP contribution in [-0.2, 0) is 9.84 Å². The molecule has 0 saturated heterocycles. The van der Waals surface area contributed by atoms with Crippen molar-refractivity contribution in [1.82, 2.24) is 5.32 Å². The highest BCUT2D eigenvalue weighted by molar-refractivity contribution is 7.93. The minimum Gasteiger partial charge on any atom is -0.319 e. The maximum atomic E-state index is 11.6. The van der Waals surface area contributed by atoms with Crippen molar-refractivity contribution in [2.75, 3.05) is 6.26 Å². The topological polar surface area (TPSA) is 83.2 Å². The van der Waals surface area contributed by atoms with Crippen molar-refractivity contribution in [2.24, 2.45) is 15.0 Å². The van der Waals surface area contributed by atoms with Crippen LogP contribution in [-0.4, -0.2) is 43.0 Å². The van der Waals surface area contributed by atoms with Gasteiger partial charge in [0, 0.05) is 6.26 Å². The van der Waals surface area contributed by atoms with E-state index in [0.717, 1.165) is 6.26 Å². The first-order valence-electron chi connectivity index (χ1n) is 3.63. The predicted molar refractivity (Wildman–Crippen MR) is 57.7 cm³/mol. The number of nitrogens with zero attached hydrogens (tertiary/aromatic N) is 3. The van der Waals surface area contributed by atoms with Crippen molar-refractivity contribution < 1.29 is 8.42 Å². The van der Waals surface area contributed by atoms with E-state index < -0.39 is 14.8 Å². The second-order valence-electron chi connectivity index (χ2n) is 2.86. The summed E-state index contributed by atoms with van der Waals surface area (Å²) in [5, 5.41) is 2.64. The quantitative estimate of drug-likeness (QED) is 0.593. The Morgan fingerprint density at radius 1 is 1.57 bits per heavy atom. The van der Waals surface area contributed by atoms with E-state index in [-0.39, 0.29) is 10.8 Å². The summed E-state index contributed by atoms with van der Waals surface area (Å²) in [6, 6.07) is 0. The average molecular weight is 230 g/mol. The van der Waals surface area contributed by atoms with Crippen LogP contribution in [0, 0.1) is 0 Å². The van der Waals surface area contributed by atoms with E-state index in [1.54, 1.807) is 0 Å². The van der Waals surface area contributed by atoms with Crippen LogP contribution in [0.2, 0.25) is 0 Å². The number of hydrogen-bond acceptors (Lipinski definition) is 5. The molecule has 0 aromatic rings.